The minimum absolute atomic E-state index is 0.0416. The van der Waals surface area contributed by atoms with E-state index in [1.165, 1.54) is 28.5 Å². The van der Waals surface area contributed by atoms with Gasteiger partial charge in [0, 0.05) is 47.9 Å². The largest absolute Gasteiger partial charge is 0.370 e. The third-order valence-corrected chi connectivity index (χ3v) is 7.51. The first-order valence-electron chi connectivity index (χ1n) is 12.5. The lowest BCUT2D eigenvalue weighted by Crippen LogP contribution is -2.26. The van der Waals surface area contributed by atoms with E-state index in [1.54, 1.807) is 72.3 Å². The second-order valence-electron chi connectivity index (χ2n) is 9.12. The lowest BCUT2D eigenvalue weighted by Gasteiger charge is -2.17. The van der Waals surface area contributed by atoms with Gasteiger partial charge in [-0.2, -0.15) is 0 Å². The molecule has 0 aliphatic carbocycles. The first-order valence-corrected chi connectivity index (χ1v) is 13.3. The number of hydrogen-bond acceptors (Lipinski definition) is 7. The highest BCUT2D eigenvalue weighted by Crippen LogP contribution is 2.30. The van der Waals surface area contributed by atoms with Crippen LogP contribution in [0.25, 0.3) is 21.5 Å². The van der Waals surface area contributed by atoms with Crippen LogP contribution in [0.15, 0.2) is 79.0 Å². The number of amides is 4. The second kappa shape index (κ2) is 11.4. The third-order valence-electron chi connectivity index (χ3n) is 6.38. The van der Waals surface area contributed by atoms with Crippen LogP contribution < -0.4 is 21.7 Å². The van der Waals surface area contributed by atoms with Crippen molar-refractivity contribution in [1.82, 2.24) is 14.5 Å². The van der Waals surface area contributed by atoms with Crippen LogP contribution in [0.2, 0.25) is 0 Å². The molecule has 2 aromatic carbocycles. The molecule has 3 heterocycles. The molecule has 0 bridgehead atoms. The van der Waals surface area contributed by atoms with Crippen molar-refractivity contribution in [2.45, 2.75) is 13.0 Å². The lowest BCUT2D eigenvalue weighted by molar-refractivity contribution is -0.118. The standard InChI is InChI=1S/C29H25N7O4S/c1-35(28(40)17-5-3-2-4-6-17)19-8-10-22-21(15-19)33-29(36(22)14-13-25(30)37)34-27(39)24-12-11-23(41-24)18-7-9-20(26(31)38)32-16-18/h2-12,15-16H,13-14H2,1H3,(H2,30,37)(H2,31,38)(H,33,34,39). The molecule has 0 fully saturated rings. The van der Waals surface area contributed by atoms with Gasteiger partial charge in [0.1, 0.15) is 5.69 Å². The number of fused-ring (bicyclic) bond motifs is 1. The molecule has 11 nitrogen and oxygen atoms in total. The summed E-state index contributed by atoms with van der Waals surface area (Å²) in [6, 6.07) is 20.9. The van der Waals surface area contributed by atoms with Crippen molar-refractivity contribution in [2.24, 2.45) is 11.5 Å². The van der Waals surface area contributed by atoms with Gasteiger partial charge >= 0.3 is 0 Å². The Kier molecular flexibility index (Phi) is 7.57. The fraction of sp³-hybridized carbons (Fsp3) is 0.103. The maximum absolute atomic E-state index is 13.2. The number of carbonyl (C=O) groups is 4. The smallest absolute Gasteiger partial charge is 0.268 e. The van der Waals surface area contributed by atoms with Crippen LogP contribution in [-0.2, 0) is 11.3 Å². The molecule has 5 aromatic rings. The van der Waals surface area contributed by atoms with Crippen LogP contribution in [0.5, 0.6) is 0 Å². The Balaban J connectivity index is 1.42. The van der Waals surface area contributed by atoms with Gasteiger partial charge in [-0.25, -0.2) is 4.98 Å². The Morgan fingerprint density at radius 2 is 1.76 bits per heavy atom. The average Bonchev–Trinajstić information content (AvgIpc) is 3.60. The summed E-state index contributed by atoms with van der Waals surface area (Å²) in [5, 5.41) is 2.84. The van der Waals surface area contributed by atoms with Crippen molar-refractivity contribution in [3.05, 3.63) is 95.1 Å². The number of aromatic nitrogens is 3. The highest BCUT2D eigenvalue weighted by molar-refractivity contribution is 7.17. The van der Waals surface area contributed by atoms with Gasteiger partial charge < -0.3 is 20.9 Å². The van der Waals surface area contributed by atoms with E-state index in [1.807, 2.05) is 6.07 Å². The molecular weight excluding hydrogens is 542 g/mol. The molecule has 0 saturated heterocycles. The molecule has 41 heavy (non-hydrogen) atoms. The van der Waals surface area contributed by atoms with E-state index in [9.17, 15) is 19.2 Å². The van der Waals surface area contributed by atoms with E-state index in [2.05, 4.69) is 15.3 Å². The van der Waals surface area contributed by atoms with Crippen LogP contribution in [0.1, 0.15) is 36.9 Å². The SMILES string of the molecule is CN(C(=O)c1ccccc1)c1ccc2c(c1)nc(NC(=O)c1ccc(-c3ccc(C(N)=O)nc3)s1)n2CCC(N)=O. The number of pyridine rings is 1. The summed E-state index contributed by atoms with van der Waals surface area (Å²) in [4.78, 5) is 60.4. The van der Waals surface area contributed by atoms with Gasteiger partial charge in [-0.3, -0.25) is 29.5 Å². The van der Waals surface area contributed by atoms with Crippen LogP contribution in [0.4, 0.5) is 11.6 Å². The summed E-state index contributed by atoms with van der Waals surface area (Å²) in [5.41, 5.74) is 13.9. The zero-order valence-electron chi connectivity index (χ0n) is 21.9. The van der Waals surface area contributed by atoms with E-state index in [0.29, 0.717) is 27.2 Å². The summed E-state index contributed by atoms with van der Waals surface area (Å²) in [6.45, 7) is 0.202. The monoisotopic (exact) mass is 567 g/mol. The van der Waals surface area contributed by atoms with Crippen molar-refractivity contribution in [2.75, 3.05) is 17.3 Å². The number of primary amides is 2. The van der Waals surface area contributed by atoms with Gasteiger partial charge in [0.05, 0.1) is 15.9 Å². The molecule has 206 valence electrons. The van der Waals surface area contributed by atoms with Crippen LogP contribution in [0, 0.1) is 0 Å². The fourth-order valence-corrected chi connectivity index (χ4v) is 5.12. The number of carbonyl (C=O) groups excluding carboxylic acids is 4. The number of rotatable bonds is 9. The molecule has 0 radical (unpaired) electrons. The highest BCUT2D eigenvalue weighted by Gasteiger charge is 2.19. The average molecular weight is 568 g/mol. The van der Waals surface area contributed by atoms with Gasteiger partial charge in [0.2, 0.25) is 11.9 Å². The Labute approximate surface area is 238 Å². The Hall–Kier alpha value is -5.36. The number of nitrogens with zero attached hydrogens (tertiary/aromatic N) is 4. The predicted molar refractivity (Wildman–Crippen MR) is 157 cm³/mol. The van der Waals surface area contributed by atoms with E-state index in [-0.39, 0.29) is 30.5 Å². The van der Waals surface area contributed by atoms with Crippen molar-refractivity contribution < 1.29 is 19.2 Å². The second-order valence-corrected chi connectivity index (χ2v) is 10.2. The van der Waals surface area contributed by atoms with Crippen LogP contribution in [-0.4, -0.2) is 45.2 Å². The van der Waals surface area contributed by atoms with E-state index >= 15 is 0 Å². The number of thiophene rings is 1. The predicted octanol–water partition coefficient (Wildman–Crippen LogP) is 3.66. The molecular formula is C29H25N7O4S. The molecule has 4 amide bonds. The molecule has 3 aromatic heterocycles. The number of nitrogens with two attached hydrogens (primary N) is 2. The number of aryl methyl sites for hydroxylation is 1. The third kappa shape index (κ3) is 5.82. The maximum atomic E-state index is 13.2. The Bertz CT molecular complexity index is 1780. The lowest BCUT2D eigenvalue weighted by atomic mass is 10.2. The Morgan fingerprint density at radius 1 is 0.976 bits per heavy atom. The number of nitrogens with one attached hydrogen (secondary N) is 1. The van der Waals surface area contributed by atoms with E-state index < -0.39 is 17.7 Å². The van der Waals surface area contributed by atoms with Gasteiger partial charge in [-0.1, -0.05) is 18.2 Å². The van der Waals surface area contributed by atoms with Crippen LogP contribution in [0.3, 0.4) is 0 Å². The molecule has 0 aliphatic heterocycles. The quantitative estimate of drug-likeness (QED) is 0.246. The molecule has 0 aliphatic rings. The zero-order chi connectivity index (χ0) is 29.1. The van der Waals surface area contributed by atoms with Crippen LogP contribution >= 0.6 is 11.3 Å². The molecule has 0 spiro atoms. The minimum Gasteiger partial charge on any atom is -0.370 e. The van der Waals surface area contributed by atoms with Crippen molar-refractivity contribution >= 4 is 57.6 Å². The highest BCUT2D eigenvalue weighted by atomic mass is 32.1. The van der Waals surface area contributed by atoms with Crippen molar-refractivity contribution in [1.29, 1.82) is 0 Å². The van der Waals surface area contributed by atoms with Gasteiger partial charge in [0.15, 0.2) is 0 Å². The molecule has 5 N–H and O–H groups in total. The summed E-state index contributed by atoms with van der Waals surface area (Å²) >= 11 is 1.24. The maximum Gasteiger partial charge on any atom is 0.268 e. The van der Waals surface area contributed by atoms with E-state index in [0.717, 1.165) is 10.4 Å². The molecule has 12 heteroatoms. The number of hydrogen-bond donors (Lipinski definition) is 3. The minimum atomic E-state index is -0.622. The molecule has 5 rings (SSSR count). The van der Waals surface area contributed by atoms with E-state index in [4.69, 9.17) is 11.5 Å². The van der Waals surface area contributed by atoms with Crippen molar-refractivity contribution in [3.8, 4) is 10.4 Å². The molecule has 0 unspecified atom stereocenters. The summed E-state index contributed by atoms with van der Waals surface area (Å²) < 4.78 is 1.71. The summed E-state index contributed by atoms with van der Waals surface area (Å²) in [6.07, 6.45) is 1.56. The van der Waals surface area contributed by atoms with Gasteiger partial charge in [-0.05, 0) is 54.6 Å². The topological polar surface area (TPSA) is 166 Å². The summed E-state index contributed by atoms with van der Waals surface area (Å²) in [5.74, 6) is -1.45. The summed E-state index contributed by atoms with van der Waals surface area (Å²) in [7, 11) is 1.68. The molecule has 0 atom stereocenters. The first-order chi connectivity index (χ1) is 19.7. The van der Waals surface area contributed by atoms with Gasteiger partial charge in [-0.15, -0.1) is 11.3 Å². The Morgan fingerprint density at radius 3 is 2.44 bits per heavy atom. The number of benzene rings is 2. The fourth-order valence-electron chi connectivity index (χ4n) is 4.23. The normalized spacial score (nSPS) is 10.9. The first kappa shape index (κ1) is 27.2. The van der Waals surface area contributed by atoms with Gasteiger partial charge in [0.25, 0.3) is 17.7 Å². The number of anilines is 2. The molecule has 0 saturated carbocycles. The van der Waals surface area contributed by atoms with Crippen molar-refractivity contribution in [3.63, 3.8) is 0 Å². The number of imidazole rings is 1. The zero-order valence-corrected chi connectivity index (χ0v) is 22.7.